The summed E-state index contributed by atoms with van der Waals surface area (Å²) in [6.07, 6.45) is 3.20. The van der Waals surface area contributed by atoms with Crippen LogP contribution in [0.2, 0.25) is 0 Å². The summed E-state index contributed by atoms with van der Waals surface area (Å²) in [5.74, 6) is -1.71. The van der Waals surface area contributed by atoms with Crippen molar-refractivity contribution in [1.29, 1.82) is 0 Å². The van der Waals surface area contributed by atoms with Gasteiger partial charge in [0.1, 0.15) is 18.2 Å². The Kier molecular flexibility index (Phi) is 5.38. The molecule has 0 bridgehead atoms. The van der Waals surface area contributed by atoms with Gasteiger partial charge in [0.25, 0.3) is 11.4 Å². The zero-order valence-electron chi connectivity index (χ0n) is 17.4. The fraction of sp³-hybridized carbons (Fsp3) is 0.0417. The molecule has 0 unspecified atom stereocenters. The topological polar surface area (TPSA) is 103 Å². The summed E-state index contributed by atoms with van der Waals surface area (Å²) >= 11 is 0. The SMILES string of the molecule is O=C(Cn1c(=O)cc(-c2nc(-c3ccncc3)no2)c2ccccc21)Nc1cc(F)ccc1F. The minimum Gasteiger partial charge on any atom is -0.334 e. The molecular formula is C24H15F2N5O3. The fourth-order valence-electron chi connectivity index (χ4n) is 3.55. The van der Waals surface area contributed by atoms with E-state index < -0.39 is 29.6 Å². The molecule has 0 saturated carbocycles. The van der Waals surface area contributed by atoms with Gasteiger partial charge in [-0.3, -0.25) is 19.1 Å². The van der Waals surface area contributed by atoms with E-state index in [1.54, 1.807) is 48.8 Å². The molecule has 1 amide bonds. The maximum atomic E-state index is 13.9. The van der Waals surface area contributed by atoms with Crippen LogP contribution in [0.4, 0.5) is 14.5 Å². The largest absolute Gasteiger partial charge is 0.334 e. The Labute approximate surface area is 190 Å². The molecular weight excluding hydrogens is 444 g/mol. The van der Waals surface area contributed by atoms with Gasteiger partial charge in [-0.25, -0.2) is 8.78 Å². The summed E-state index contributed by atoms with van der Waals surface area (Å²) < 4.78 is 33.9. The van der Waals surface area contributed by atoms with E-state index in [0.29, 0.717) is 27.9 Å². The first kappa shape index (κ1) is 21.1. The lowest BCUT2D eigenvalue weighted by Gasteiger charge is -2.12. The van der Waals surface area contributed by atoms with Crippen LogP contribution in [-0.4, -0.2) is 25.6 Å². The van der Waals surface area contributed by atoms with E-state index in [0.717, 1.165) is 18.2 Å². The van der Waals surface area contributed by atoms with Crippen molar-refractivity contribution in [2.45, 2.75) is 6.54 Å². The number of amides is 1. The third kappa shape index (κ3) is 4.04. The second-order valence-corrected chi connectivity index (χ2v) is 7.33. The Morgan fingerprint density at radius 2 is 1.82 bits per heavy atom. The van der Waals surface area contributed by atoms with E-state index in [4.69, 9.17) is 4.52 Å². The molecule has 0 spiro atoms. The van der Waals surface area contributed by atoms with Gasteiger partial charge in [-0.15, -0.1) is 0 Å². The van der Waals surface area contributed by atoms with Gasteiger partial charge in [0, 0.05) is 35.5 Å². The van der Waals surface area contributed by atoms with Crippen LogP contribution in [0.3, 0.4) is 0 Å². The molecule has 3 heterocycles. The number of pyridine rings is 2. The zero-order valence-corrected chi connectivity index (χ0v) is 17.4. The number of fused-ring (bicyclic) bond motifs is 1. The van der Waals surface area contributed by atoms with Crippen molar-refractivity contribution in [3.8, 4) is 22.8 Å². The Morgan fingerprint density at radius 1 is 1.03 bits per heavy atom. The molecule has 8 nitrogen and oxygen atoms in total. The molecule has 5 rings (SSSR count). The second-order valence-electron chi connectivity index (χ2n) is 7.33. The summed E-state index contributed by atoms with van der Waals surface area (Å²) in [4.78, 5) is 33.9. The number of nitrogens with zero attached hydrogens (tertiary/aromatic N) is 4. The Hall–Kier alpha value is -4.73. The smallest absolute Gasteiger partial charge is 0.259 e. The molecule has 10 heteroatoms. The minimum absolute atomic E-state index is 0.138. The van der Waals surface area contributed by atoms with E-state index in [9.17, 15) is 18.4 Å². The van der Waals surface area contributed by atoms with Crippen LogP contribution in [0.1, 0.15) is 0 Å². The van der Waals surface area contributed by atoms with E-state index in [1.165, 1.54) is 10.6 Å². The molecule has 0 aliphatic carbocycles. The molecule has 0 aliphatic rings. The molecule has 0 radical (unpaired) electrons. The number of nitrogens with one attached hydrogen (secondary N) is 1. The minimum atomic E-state index is -0.788. The molecule has 5 aromatic rings. The average Bonchev–Trinajstić information content (AvgIpc) is 3.34. The van der Waals surface area contributed by atoms with Gasteiger partial charge in [0.05, 0.1) is 16.8 Å². The van der Waals surface area contributed by atoms with E-state index in [-0.39, 0.29) is 11.6 Å². The number of para-hydroxylation sites is 1. The van der Waals surface area contributed by atoms with Crippen molar-refractivity contribution < 1.29 is 18.1 Å². The number of hydrogen-bond donors (Lipinski definition) is 1. The number of aromatic nitrogens is 4. The third-order valence-corrected chi connectivity index (χ3v) is 5.12. The highest BCUT2D eigenvalue weighted by Crippen LogP contribution is 2.28. The summed E-state index contributed by atoms with van der Waals surface area (Å²) in [6, 6.07) is 14.4. The number of hydrogen-bond acceptors (Lipinski definition) is 6. The highest BCUT2D eigenvalue weighted by atomic mass is 19.1. The van der Waals surface area contributed by atoms with Crippen LogP contribution in [0.15, 0.2) is 82.4 Å². The Morgan fingerprint density at radius 3 is 2.65 bits per heavy atom. The molecule has 0 atom stereocenters. The Bertz CT molecular complexity index is 1580. The molecule has 1 N–H and O–H groups in total. The number of carbonyl (C=O) groups is 1. The van der Waals surface area contributed by atoms with Gasteiger partial charge in [-0.2, -0.15) is 4.98 Å². The summed E-state index contributed by atoms with van der Waals surface area (Å²) in [5.41, 5.74) is 0.717. The number of benzene rings is 2. The molecule has 2 aromatic carbocycles. The highest BCUT2D eigenvalue weighted by molar-refractivity contribution is 5.95. The lowest BCUT2D eigenvalue weighted by molar-refractivity contribution is -0.116. The van der Waals surface area contributed by atoms with Crippen LogP contribution < -0.4 is 10.9 Å². The van der Waals surface area contributed by atoms with Crippen LogP contribution in [0.5, 0.6) is 0 Å². The number of halogens is 2. The van der Waals surface area contributed by atoms with Gasteiger partial charge in [0.2, 0.25) is 11.7 Å². The van der Waals surface area contributed by atoms with E-state index in [2.05, 4.69) is 20.4 Å². The first-order chi connectivity index (χ1) is 16.5. The summed E-state index contributed by atoms with van der Waals surface area (Å²) in [5, 5.41) is 6.87. The third-order valence-electron chi connectivity index (χ3n) is 5.12. The van der Waals surface area contributed by atoms with Crippen molar-refractivity contribution >= 4 is 22.5 Å². The molecule has 0 aliphatic heterocycles. The van der Waals surface area contributed by atoms with Crippen LogP contribution in [0.25, 0.3) is 33.7 Å². The van der Waals surface area contributed by atoms with Crippen LogP contribution >= 0.6 is 0 Å². The average molecular weight is 459 g/mol. The quantitative estimate of drug-likeness (QED) is 0.426. The van der Waals surface area contributed by atoms with Crippen LogP contribution in [0, 0.1) is 11.6 Å². The number of anilines is 1. The lowest BCUT2D eigenvalue weighted by atomic mass is 10.1. The molecule has 34 heavy (non-hydrogen) atoms. The van der Waals surface area contributed by atoms with Crippen LogP contribution in [-0.2, 0) is 11.3 Å². The lowest BCUT2D eigenvalue weighted by Crippen LogP contribution is -2.28. The van der Waals surface area contributed by atoms with Gasteiger partial charge in [-0.05, 0) is 30.3 Å². The van der Waals surface area contributed by atoms with E-state index >= 15 is 0 Å². The van der Waals surface area contributed by atoms with Crippen molar-refractivity contribution in [3.63, 3.8) is 0 Å². The van der Waals surface area contributed by atoms with Crippen molar-refractivity contribution in [2.75, 3.05) is 5.32 Å². The highest BCUT2D eigenvalue weighted by Gasteiger charge is 2.18. The standard InChI is InChI=1S/C24H15F2N5O3/c25-15-5-6-18(26)19(11-15)28-21(32)13-31-20-4-2-1-3-16(20)17(12-22(31)33)24-29-23(30-34-24)14-7-9-27-10-8-14/h1-12H,13H2,(H,28,32). The summed E-state index contributed by atoms with van der Waals surface area (Å²) in [6.45, 7) is -0.415. The molecule has 168 valence electrons. The van der Waals surface area contributed by atoms with Gasteiger partial charge in [0.15, 0.2) is 0 Å². The number of carbonyl (C=O) groups excluding carboxylic acids is 1. The zero-order chi connectivity index (χ0) is 23.7. The number of rotatable bonds is 5. The van der Waals surface area contributed by atoms with E-state index in [1.807, 2.05) is 0 Å². The maximum Gasteiger partial charge on any atom is 0.259 e. The van der Waals surface area contributed by atoms with Crippen molar-refractivity contribution in [1.82, 2.24) is 19.7 Å². The monoisotopic (exact) mass is 459 g/mol. The van der Waals surface area contributed by atoms with Gasteiger partial charge < -0.3 is 9.84 Å². The maximum absolute atomic E-state index is 13.9. The first-order valence-corrected chi connectivity index (χ1v) is 10.1. The van der Waals surface area contributed by atoms with Crippen molar-refractivity contribution in [2.24, 2.45) is 0 Å². The fourth-order valence-corrected chi connectivity index (χ4v) is 3.55. The normalized spacial score (nSPS) is 11.0. The summed E-state index contributed by atoms with van der Waals surface area (Å²) in [7, 11) is 0. The van der Waals surface area contributed by atoms with Gasteiger partial charge >= 0.3 is 0 Å². The second kappa shape index (κ2) is 8.66. The van der Waals surface area contributed by atoms with Gasteiger partial charge in [-0.1, -0.05) is 23.4 Å². The molecule has 3 aromatic heterocycles. The Balaban J connectivity index is 1.51. The predicted molar refractivity (Wildman–Crippen MR) is 120 cm³/mol. The molecule has 0 fully saturated rings. The molecule has 0 saturated heterocycles. The predicted octanol–water partition coefficient (Wildman–Crippen LogP) is 4.03. The first-order valence-electron chi connectivity index (χ1n) is 10.1. The van der Waals surface area contributed by atoms with Crippen molar-refractivity contribution in [3.05, 3.63) is 95.0 Å².